The van der Waals surface area contributed by atoms with Crippen LogP contribution in [0.15, 0.2) is 41.4 Å². The van der Waals surface area contributed by atoms with E-state index in [-0.39, 0.29) is 11.8 Å². The van der Waals surface area contributed by atoms with Gasteiger partial charge in [-0.15, -0.1) is 0 Å². The number of hydrogen-bond acceptors (Lipinski definition) is 6. The first-order valence-corrected chi connectivity index (χ1v) is 12.1. The number of carbonyl (C=O) groups is 2. The van der Waals surface area contributed by atoms with Gasteiger partial charge in [0.25, 0.3) is 0 Å². The Morgan fingerprint density at radius 1 is 1.11 bits per heavy atom. The largest absolute Gasteiger partial charge is 0.390 e. The van der Waals surface area contributed by atoms with Gasteiger partial charge in [0.15, 0.2) is 0 Å². The second-order valence-electron chi connectivity index (χ2n) is 9.22. The van der Waals surface area contributed by atoms with E-state index in [1.54, 1.807) is 50.2 Å². The molecule has 0 saturated heterocycles. The molecule has 0 heterocycles. The van der Waals surface area contributed by atoms with Crippen LogP contribution in [0.2, 0.25) is 0 Å². The van der Waals surface area contributed by atoms with Crippen LogP contribution in [0.1, 0.15) is 58.1 Å². The summed E-state index contributed by atoms with van der Waals surface area (Å²) in [5.74, 6) is -0.125. The Hall–Kier alpha value is -3.90. The summed E-state index contributed by atoms with van der Waals surface area (Å²) in [5.41, 5.74) is 2.77. The van der Waals surface area contributed by atoms with Gasteiger partial charge in [0.1, 0.15) is 0 Å². The molecule has 0 bridgehead atoms. The Balaban J connectivity index is 2.15. The summed E-state index contributed by atoms with van der Waals surface area (Å²) in [6, 6.07) is 12.0. The molecule has 2 rings (SSSR count). The maximum absolute atomic E-state index is 12.5. The van der Waals surface area contributed by atoms with Crippen molar-refractivity contribution in [2.24, 2.45) is 10.9 Å². The van der Waals surface area contributed by atoms with Gasteiger partial charge in [-0.2, -0.15) is 5.26 Å². The number of aliphatic imine (C=N–C) groups is 1. The van der Waals surface area contributed by atoms with Crippen molar-refractivity contribution in [2.75, 3.05) is 22.5 Å². The quantitative estimate of drug-likeness (QED) is 0.214. The number of nitrogens with one attached hydrogen (secondary N) is 4. The Morgan fingerprint density at radius 2 is 1.78 bits per heavy atom. The summed E-state index contributed by atoms with van der Waals surface area (Å²) >= 11 is 0. The van der Waals surface area contributed by atoms with Gasteiger partial charge in [-0.05, 0) is 75.9 Å². The van der Waals surface area contributed by atoms with Crippen molar-refractivity contribution in [3.63, 3.8) is 0 Å². The molecule has 0 saturated carbocycles. The van der Waals surface area contributed by atoms with Crippen molar-refractivity contribution < 1.29 is 14.7 Å². The first-order chi connectivity index (χ1) is 17.1. The van der Waals surface area contributed by atoms with E-state index < -0.39 is 11.6 Å². The molecule has 0 fully saturated rings. The summed E-state index contributed by atoms with van der Waals surface area (Å²) in [7, 11) is 0. The molecule has 0 atom stereocenters. The van der Waals surface area contributed by atoms with Gasteiger partial charge in [0, 0.05) is 23.8 Å². The summed E-state index contributed by atoms with van der Waals surface area (Å²) in [6.45, 7) is 9.76. The highest BCUT2D eigenvalue weighted by atomic mass is 16.3. The molecule has 36 heavy (non-hydrogen) atoms. The number of aliphatic hydroxyl groups is 1. The van der Waals surface area contributed by atoms with Gasteiger partial charge in [-0.25, -0.2) is 9.79 Å². The number of aryl methyl sites for hydroxylation is 1. The number of benzene rings is 2. The van der Waals surface area contributed by atoms with Crippen LogP contribution < -0.4 is 21.3 Å². The van der Waals surface area contributed by atoms with Crippen LogP contribution in [0, 0.1) is 24.2 Å². The lowest BCUT2D eigenvalue weighted by Gasteiger charge is -2.19. The molecular formula is C27H36N6O3. The Kier molecular flexibility index (Phi) is 10.4. The van der Waals surface area contributed by atoms with Crippen LogP contribution in [0.4, 0.5) is 27.5 Å². The predicted octanol–water partition coefficient (Wildman–Crippen LogP) is 5.30. The minimum Gasteiger partial charge on any atom is -0.390 e. The lowest BCUT2D eigenvalue weighted by atomic mass is 10.0. The van der Waals surface area contributed by atoms with E-state index in [9.17, 15) is 14.7 Å². The third-order valence-electron chi connectivity index (χ3n) is 5.69. The van der Waals surface area contributed by atoms with Crippen LogP contribution in [0.25, 0.3) is 0 Å². The topological polar surface area (TPSA) is 139 Å². The van der Waals surface area contributed by atoms with Gasteiger partial charge in [-0.1, -0.05) is 19.9 Å². The molecule has 192 valence electrons. The van der Waals surface area contributed by atoms with Crippen molar-refractivity contribution in [1.29, 1.82) is 5.26 Å². The lowest BCUT2D eigenvalue weighted by molar-refractivity contribution is -0.120. The Morgan fingerprint density at radius 3 is 2.42 bits per heavy atom. The predicted molar refractivity (Wildman–Crippen MR) is 145 cm³/mol. The molecule has 0 aliphatic heterocycles. The maximum atomic E-state index is 12.5. The third kappa shape index (κ3) is 9.04. The Bertz CT molecular complexity index is 1130. The number of anilines is 3. The van der Waals surface area contributed by atoms with Gasteiger partial charge < -0.3 is 21.1 Å². The van der Waals surface area contributed by atoms with Crippen molar-refractivity contribution >= 4 is 41.0 Å². The summed E-state index contributed by atoms with van der Waals surface area (Å²) in [5, 5.41) is 30.6. The van der Waals surface area contributed by atoms with Gasteiger partial charge in [-0.3, -0.25) is 10.1 Å². The molecule has 0 spiro atoms. The van der Waals surface area contributed by atoms with Gasteiger partial charge in [0.05, 0.1) is 34.9 Å². The standard InChI is InChI=1S/C27H36N6O3/c1-6-19(7-2)25(34)32-22-10-11-23(29-13-12-27(4,5)36)24(15-22)30-17-31-26(35)33-21-9-8-18(3)20(14-21)16-28/h8-11,14-15,17,19,29,36H,6-7,12-13H2,1-5H3,(H,32,34)(H2,30,31,33,35). The number of carbonyl (C=O) groups excluding carboxylic acids is 2. The fraction of sp³-hybridized carbons (Fsp3) is 0.407. The molecule has 0 radical (unpaired) electrons. The fourth-order valence-electron chi connectivity index (χ4n) is 3.42. The summed E-state index contributed by atoms with van der Waals surface area (Å²) in [6.07, 6.45) is 3.28. The first kappa shape index (κ1) is 28.3. The molecule has 0 unspecified atom stereocenters. The van der Waals surface area contributed by atoms with Crippen molar-refractivity contribution in [3.05, 3.63) is 47.5 Å². The molecule has 0 aromatic heterocycles. The number of nitriles is 1. The van der Waals surface area contributed by atoms with E-state index in [1.165, 1.54) is 6.34 Å². The second kappa shape index (κ2) is 13.3. The molecule has 0 aliphatic rings. The van der Waals surface area contributed by atoms with Crippen LogP contribution in [-0.4, -0.2) is 35.5 Å². The highest BCUT2D eigenvalue weighted by Gasteiger charge is 2.15. The molecule has 2 aromatic carbocycles. The van der Waals surface area contributed by atoms with E-state index in [2.05, 4.69) is 32.3 Å². The van der Waals surface area contributed by atoms with Crippen molar-refractivity contribution in [1.82, 2.24) is 5.32 Å². The first-order valence-electron chi connectivity index (χ1n) is 12.1. The van der Waals surface area contributed by atoms with Gasteiger partial charge in [0.2, 0.25) is 5.91 Å². The highest BCUT2D eigenvalue weighted by molar-refractivity contribution is 5.97. The minimum atomic E-state index is -0.819. The van der Waals surface area contributed by atoms with E-state index in [0.29, 0.717) is 41.3 Å². The molecule has 9 nitrogen and oxygen atoms in total. The highest BCUT2D eigenvalue weighted by Crippen LogP contribution is 2.29. The van der Waals surface area contributed by atoms with Crippen molar-refractivity contribution in [2.45, 2.75) is 59.5 Å². The number of nitrogens with zero attached hydrogens (tertiary/aromatic N) is 2. The third-order valence-corrected chi connectivity index (χ3v) is 5.69. The summed E-state index contributed by atoms with van der Waals surface area (Å²) in [4.78, 5) is 29.2. The lowest BCUT2D eigenvalue weighted by Crippen LogP contribution is -2.27. The molecule has 9 heteroatoms. The number of urea groups is 1. The molecule has 3 amide bonds. The van der Waals surface area contributed by atoms with E-state index >= 15 is 0 Å². The normalized spacial score (nSPS) is 11.3. The number of rotatable bonds is 11. The zero-order chi connectivity index (χ0) is 26.7. The number of amides is 3. The van der Waals surface area contributed by atoms with Crippen LogP contribution in [0.3, 0.4) is 0 Å². The van der Waals surface area contributed by atoms with Crippen molar-refractivity contribution in [3.8, 4) is 6.07 Å². The smallest absolute Gasteiger partial charge is 0.324 e. The van der Waals surface area contributed by atoms with E-state index in [1.807, 2.05) is 20.8 Å². The van der Waals surface area contributed by atoms with Crippen LogP contribution in [-0.2, 0) is 4.79 Å². The average Bonchev–Trinajstić information content (AvgIpc) is 2.81. The van der Waals surface area contributed by atoms with E-state index in [4.69, 9.17) is 5.26 Å². The number of hydrogen-bond donors (Lipinski definition) is 5. The van der Waals surface area contributed by atoms with Gasteiger partial charge >= 0.3 is 6.03 Å². The molecule has 5 N–H and O–H groups in total. The van der Waals surface area contributed by atoms with E-state index in [0.717, 1.165) is 18.4 Å². The maximum Gasteiger partial charge on any atom is 0.324 e. The zero-order valence-electron chi connectivity index (χ0n) is 21.6. The average molecular weight is 493 g/mol. The SMILES string of the molecule is CCC(CC)C(=O)Nc1ccc(NCCC(C)(C)O)c(N=CNC(=O)Nc2ccc(C)c(C#N)c2)c1. The molecular weight excluding hydrogens is 456 g/mol. The molecule has 0 aliphatic carbocycles. The monoisotopic (exact) mass is 492 g/mol. The second-order valence-corrected chi connectivity index (χ2v) is 9.22. The van der Waals surface area contributed by atoms with Crippen LogP contribution in [0.5, 0.6) is 0 Å². The zero-order valence-corrected chi connectivity index (χ0v) is 21.6. The van der Waals surface area contributed by atoms with Crippen LogP contribution >= 0.6 is 0 Å². The Labute approximate surface area is 213 Å². The fourth-order valence-corrected chi connectivity index (χ4v) is 3.42. The minimum absolute atomic E-state index is 0.0509. The molecule has 2 aromatic rings. The summed E-state index contributed by atoms with van der Waals surface area (Å²) < 4.78 is 0.